The van der Waals surface area contributed by atoms with Gasteiger partial charge in [0.2, 0.25) is 0 Å². The number of benzene rings is 1. The Morgan fingerprint density at radius 3 is 2.25 bits per heavy atom. The summed E-state index contributed by atoms with van der Waals surface area (Å²) in [5.74, 6) is 0. The van der Waals surface area contributed by atoms with Crippen LogP contribution in [0.15, 0.2) is 30.9 Å². The summed E-state index contributed by atoms with van der Waals surface area (Å²) < 4.78 is 0. The molecule has 1 heterocycles. The predicted molar refractivity (Wildman–Crippen MR) is 93.0 cm³/mol. The normalized spacial score (nSPS) is 16.7. The molecule has 0 saturated carbocycles. The first-order chi connectivity index (χ1) is 8.74. The molecule has 0 unspecified atom stereocenters. The highest BCUT2D eigenvalue weighted by molar-refractivity contribution is 6.36. The van der Waals surface area contributed by atoms with Gasteiger partial charge in [0, 0.05) is 47.8 Å². The molecule has 6 heteroatoms. The van der Waals surface area contributed by atoms with Gasteiger partial charge in [-0.25, -0.2) is 0 Å². The van der Waals surface area contributed by atoms with Crippen molar-refractivity contribution in [1.82, 2.24) is 10.2 Å². The van der Waals surface area contributed by atoms with E-state index in [2.05, 4.69) is 16.8 Å². The molecule has 1 aliphatic heterocycles. The van der Waals surface area contributed by atoms with Crippen molar-refractivity contribution < 1.29 is 0 Å². The van der Waals surface area contributed by atoms with E-state index in [-0.39, 0.29) is 30.9 Å². The van der Waals surface area contributed by atoms with Gasteiger partial charge in [0.25, 0.3) is 0 Å². The minimum Gasteiger partial charge on any atom is -0.314 e. The number of halogens is 4. The molecular weight excluding hydrogens is 338 g/mol. The Morgan fingerprint density at radius 1 is 1.20 bits per heavy atom. The highest BCUT2D eigenvalue weighted by atomic mass is 35.5. The summed E-state index contributed by atoms with van der Waals surface area (Å²) >= 11 is 12.6. The minimum atomic E-state index is 0. The topological polar surface area (TPSA) is 15.3 Å². The van der Waals surface area contributed by atoms with Crippen LogP contribution in [0.5, 0.6) is 0 Å². The largest absolute Gasteiger partial charge is 0.314 e. The number of hydrogen-bond acceptors (Lipinski definition) is 2. The van der Waals surface area contributed by atoms with Gasteiger partial charge in [-0.2, -0.15) is 0 Å². The van der Waals surface area contributed by atoms with Crippen LogP contribution in [0.3, 0.4) is 0 Å². The van der Waals surface area contributed by atoms with Crippen molar-refractivity contribution in [3.63, 3.8) is 0 Å². The molecule has 0 bridgehead atoms. The number of rotatable bonds is 4. The first kappa shape index (κ1) is 20.0. The third-order valence-electron chi connectivity index (χ3n) is 3.32. The third-order valence-corrected chi connectivity index (χ3v) is 3.97. The molecule has 1 aromatic rings. The Bertz CT molecular complexity index is 399. The molecule has 1 aromatic carbocycles. The molecule has 2 rings (SSSR count). The number of nitrogens with one attached hydrogen (secondary N) is 1. The van der Waals surface area contributed by atoms with Crippen LogP contribution in [0, 0.1) is 0 Å². The Balaban J connectivity index is 0.00000180. The van der Waals surface area contributed by atoms with Crippen molar-refractivity contribution in [3.05, 3.63) is 46.5 Å². The SMILES string of the molecule is C=CC[C@@H](c1c(Cl)cccc1Cl)N1CCNCC1.Cl.Cl. The van der Waals surface area contributed by atoms with Crippen LogP contribution in [-0.4, -0.2) is 31.1 Å². The maximum absolute atomic E-state index is 6.32. The van der Waals surface area contributed by atoms with Crippen LogP contribution >= 0.6 is 48.0 Å². The van der Waals surface area contributed by atoms with Crippen LogP contribution < -0.4 is 5.32 Å². The lowest BCUT2D eigenvalue weighted by Crippen LogP contribution is -2.45. The van der Waals surface area contributed by atoms with Crippen molar-refractivity contribution in [1.29, 1.82) is 0 Å². The fourth-order valence-corrected chi connectivity index (χ4v) is 3.08. The van der Waals surface area contributed by atoms with E-state index >= 15 is 0 Å². The fourth-order valence-electron chi connectivity index (χ4n) is 2.43. The van der Waals surface area contributed by atoms with Crippen LogP contribution in [0.4, 0.5) is 0 Å². The van der Waals surface area contributed by atoms with E-state index in [1.165, 1.54) is 0 Å². The standard InChI is InChI=1S/C14H18Cl2N2.2ClH/c1-2-4-13(18-9-7-17-8-10-18)14-11(15)5-3-6-12(14)16;;/h2-3,5-6,13,17H,1,4,7-10H2;2*1H/t13-;;/m0../s1. The van der Waals surface area contributed by atoms with Gasteiger partial charge in [-0.15, -0.1) is 31.4 Å². The van der Waals surface area contributed by atoms with Gasteiger partial charge in [0.05, 0.1) is 0 Å². The van der Waals surface area contributed by atoms with Gasteiger partial charge in [-0.1, -0.05) is 35.3 Å². The zero-order chi connectivity index (χ0) is 13.0. The fraction of sp³-hybridized carbons (Fsp3) is 0.429. The van der Waals surface area contributed by atoms with E-state index in [1.54, 1.807) is 0 Å². The molecular formula is C14H20Cl4N2. The summed E-state index contributed by atoms with van der Waals surface area (Å²) in [6.07, 6.45) is 2.80. The van der Waals surface area contributed by atoms with Gasteiger partial charge >= 0.3 is 0 Å². The van der Waals surface area contributed by atoms with E-state index in [0.717, 1.165) is 48.2 Å². The molecule has 1 atom stereocenters. The lowest BCUT2D eigenvalue weighted by atomic mass is 10.0. The zero-order valence-electron chi connectivity index (χ0n) is 11.1. The highest BCUT2D eigenvalue weighted by Gasteiger charge is 2.24. The van der Waals surface area contributed by atoms with Crippen LogP contribution in [0.25, 0.3) is 0 Å². The second-order valence-corrected chi connectivity index (χ2v) is 5.28. The van der Waals surface area contributed by atoms with Gasteiger partial charge in [0.15, 0.2) is 0 Å². The van der Waals surface area contributed by atoms with E-state index in [4.69, 9.17) is 23.2 Å². The second-order valence-electron chi connectivity index (χ2n) is 4.46. The van der Waals surface area contributed by atoms with Gasteiger partial charge < -0.3 is 5.32 Å². The van der Waals surface area contributed by atoms with Gasteiger partial charge in [-0.3, -0.25) is 4.90 Å². The summed E-state index contributed by atoms with van der Waals surface area (Å²) in [5.41, 5.74) is 1.03. The Labute approximate surface area is 143 Å². The van der Waals surface area contributed by atoms with Crippen molar-refractivity contribution in [2.45, 2.75) is 12.5 Å². The smallest absolute Gasteiger partial charge is 0.0468 e. The molecule has 1 saturated heterocycles. The first-order valence-corrected chi connectivity index (χ1v) is 6.99. The van der Waals surface area contributed by atoms with Crippen molar-refractivity contribution in [2.24, 2.45) is 0 Å². The molecule has 114 valence electrons. The Hall–Kier alpha value is 0.0400. The monoisotopic (exact) mass is 356 g/mol. The molecule has 2 nitrogen and oxygen atoms in total. The molecule has 20 heavy (non-hydrogen) atoms. The van der Waals surface area contributed by atoms with Crippen molar-refractivity contribution >= 4 is 48.0 Å². The minimum absolute atomic E-state index is 0. The summed E-state index contributed by atoms with van der Waals surface area (Å²) in [7, 11) is 0. The maximum Gasteiger partial charge on any atom is 0.0468 e. The predicted octanol–water partition coefficient (Wildman–Crippen LogP) is 4.36. The van der Waals surface area contributed by atoms with E-state index in [1.807, 2.05) is 24.3 Å². The van der Waals surface area contributed by atoms with E-state index in [0.29, 0.717) is 0 Å². The average Bonchev–Trinajstić information content (AvgIpc) is 2.38. The molecule has 0 amide bonds. The number of piperazine rings is 1. The summed E-state index contributed by atoms with van der Waals surface area (Å²) in [6, 6.07) is 5.92. The molecule has 1 aliphatic rings. The summed E-state index contributed by atoms with van der Waals surface area (Å²) in [6.45, 7) is 7.90. The molecule has 0 radical (unpaired) electrons. The quantitative estimate of drug-likeness (QED) is 0.805. The first-order valence-electron chi connectivity index (χ1n) is 6.23. The zero-order valence-corrected chi connectivity index (χ0v) is 14.3. The average molecular weight is 358 g/mol. The second kappa shape index (κ2) is 9.88. The third kappa shape index (κ3) is 4.80. The van der Waals surface area contributed by atoms with E-state index in [9.17, 15) is 0 Å². The summed E-state index contributed by atoms with van der Waals surface area (Å²) in [4.78, 5) is 2.42. The summed E-state index contributed by atoms with van der Waals surface area (Å²) in [5, 5.41) is 4.85. The number of nitrogens with zero attached hydrogens (tertiary/aromatic N) is 1. The molecule has 0 spiro atoms. The molecule has 0 aliphatic carbocycles. The van der Waals surface area contributed by atoms with Gasteiger partial charge in [-0.05, 0) is 18.6 Å². The van der Waals surface area contributed by atoms with Crippen molar-refractivity contribution in [2.75, 3.05) is 26.2 Å². The molecule has 1 fully saturated rings. The van der Waals surface area contributed by atoms with Crippen LogP contribution in [-0.2, 0) is 0 Å². The molecule has 1 N–H and O–H groups in total. The van der Waals surface area contributed by atoms with Crippen molar-refractivity contribution in [3.8, 4) is 0 Å². The van der Waals surface area contributed by atoms with Crippen LogP contribution in [0.2, 0.25) is 10.0 Å². The lowest BCUT2D eigenvalue weighted by Gasteiger charge is -2.35. The maximum atomic E-state index is 6.32. The Morgan fingerprint density at radius 2 is 1.75 bits per heavy atom. The molecule has 0 aromatic heterocycles. The highest BCUT2D eigenvalue weighted by Crippen LogP contribution is 2.35. The Kier molecular flexibility index (Phi) is 9.90. The van der Waals surface area contributed by atoms with Gasteiger partial charge in [0.1, 0.15) is 0 Å². The lowest BCUT2D eigenvalue weighted by molar-refractivity contribution is 0.174. The van der Waals surface area contributed by atoms with Crippen LogP contribution in [0.1, 0.15) is 18.0 Å². The van der Waals surface area contributed by atoms with E-state index < -0.39 is 0 Å². The number of hydrogen-bond donors (Lipinski definition) is 1.